The maximum Gasteiger partial charge on any atom is 0.163 e. The molecule has 1 aromatic carbocycles. The minimum absolute atomic E-state index is 0.0587. The Labute approximate surface area is 83.3 Å². The number of phenolic OH excluding ortho intramolecular Hbond substituents is 1. The summed E-state index contributed by atoms with van der Waals surface area (Å²) >= 11 is 0. The van der Waals surface area contributed by atoms with Crippen molar-refractivity contribution in [3.8, 4) is 11.5 Å². The highest BCUT2D eigenvalue weighted by molar-refractivity contribution is 5.97. The lowest BCUT2D eigenvalue weighted by Gasteiger charge is -2.11. The molecule has 0 saturated carbocycles. The number of Topliss-reactive ketones (excluding diaryl/α,β-unsaturated/α-hetero) is 1. The van der Waals surface area contributed by atoms with Gasteiger partial charge in [-0.15, -0.1) is 0 Å². The molecule has 0 aliphatic carbocycles. The molecule has 14 heavy (non-hydrogen) atoms. The monoisotopic (exact) mass is 194 g/mol. The number of hydrogen-bond donors (Lipinski definition) is 1. The van der Waals surface area contributed by atoms with Crippen molar-refractivity contribution < 1.29 is 14.6 Å². The van der Waals surface area contributed by atoms with Crippen LogP contribution in [0.5, 0.6) is 11.5 Å². The van der Waals surface area contributed by atoms with E-state index >= 15 is 0 Å². The third kappa shape index (κ3) is 1.87. The predicted molar refractivity (Wildman–Crippen MR) is 54.0 cm³/mol. The Morgan fingerprint density at radius 1 is 1.50 bits per heavy atom. The van der Waals surface area contributed by atoms with Crippen molar-refractivity contribution in [2.75, 3.05) is 6.61 Å². The van der Waals surface area contributed by atoms with Gasteiger partial charge in [-0.2, -0.15) is 0 Å². The van der Waals surface area contributed by atoms with Crippen LogP contribution in [-0.4, -0.2) is 17.5 Å². The Kier molecular flexibility index (Phi) is 3.12. The van der Waals surface area contributed by atoms with Crippen LogP contribution in [0.4, 0.5) is 0 Å². The lowest BCUT2D eigenvalue weighted by Crippen LogP contribution is -2.02. The van der Waals surface area contributed by atoms with Gasteiger partial charge in [-0.05, 0) is 32.9 Å². The number of benzene rings is 1. The molecule has 0 saturated heterocycles. The summed E-state index contributed by atoms with van der Waals surface area (Å²) in [6, 6.07) is 3.09. The van der Waals surface area contributed by atoms with Crippen LogP contribution in [0.2, 0.25) is 0 Å². The highest BCUT2D eigenvalue weighted by atomic mass is 16.5. The van der Waals surface area contributed by atoms with Gasteiger partial charge >= 0.3 is 0 Å². The van der Waals surface area contributed by atoms with Crippen LogP contribution in [0, 0.1) is 6.92 Å². The fourth-order valence-corrected chi connectivity index (χ4v) is 1.29. The molecule has 0 fully saturated rings. The van der Waals surface area contributed by atoms with E-state index in [1.54, 1.807) is 13.0 Å². The van der Waals surface area contributed by atoms with E-state index in [0.29, 0.717) is 23.5 Å². The Morgan fingerprint density at radius 2 is 2.14 bits per heavy atom. The molecule has 1 rings (SSSR count). The number of carbonyl (C=O) groups is 1. The van der Waals surface area contributed by atoms with Gasteiger partial charge in [0.1, 0.15) is 11.5 Å². The molecule has 0 unspecified atom stereocenters. The Balaban J connectivity index is 3.29. The van der Waals surface area contributed by atoms with E-state index in [9.17, 15) is 9.90 Å². The third-order valence-corrected chi connectivity index (χ3v) is 2.05. The molecule has 76 valence electrons. The number of carbonyl (C=O) groups excluding carboxylic acids is 1. The minimum atomic E-state index is -0.0587. The van der Waals surface area contributed by atoms with Crippen LogP contribution in [0.15, 0.2) is 12.1 Å². The number of aromatic hydroxyl groups is 1. The summed E-state index contributed by atoms with van der Waals surface area (Å²) in [5.74, 6) is 0.579. The zero-order valence-corrected chi connectivity index (χ0v) is 8.63. The van der Waals surface area contributed by atoms with Crippen molar-refractivity contribution in [3.63, 3.8) is 0 Å². The fraction of sp³-hybridized carbons (Fsp3) is 0.364. The van der Waals surface area contributed by atoms with Crippen LogP contribution in [0.3, 0.4) is 0 Å². The average Bonchev–Trinajstić information content (AvgIpc) is 2.13. The van der Waals surface area contributed by atoms with Gasteiger partial charge in [0, 0.05) is 5.56 Å². The second kappa shape index (κ2) is 4.13. The van der Waals surface area contributed by atoms with Crippen molar-refractivity contribution in [1.82, 2.24) is 0 Å². The number of hydrogen-bond acceptors (Lipinski definition) is 3. The van der Waals surface area contributed by atoms with Gasteiger partial charge in [0.15, 0.2) is 5.78 Å². The standard InChI is InChI=1S/C11H14O3/c1-4-14-11-7(2)10(13)6-5-9(11)8(3)12/h5-6,13H,4H2,1-3H3. The molecule has 0 amide bonds. The van der Waals surface area contributed by atoms with Crippen LogP contribution in [0.1, 0.15) is 29.8 Å². The molecule has 0 aromatic heterocycles. The largest absolute Gasteiger partial charge is 0.508 e. The number of ketones is 1. The number of rotatable bonds is 3. The first-order valence-corrected chi connectivity index (χ1v) is 4.54. The van der Waals surface area contributed by atoms with Crippen LogP contribution < -0.4 is 4.74 Å². The molecule has 0 atom stereocenters. The van der Waals surface area contributed by atoms with Crippen molar-refractivity contribution >= 4 is 5.78 Å². The summed E-state index contributed by atoms with van der Waals surface area (Å²) in [6.07, 6.45) is 0. The van der Waals surface area contributed by atoms with Crippen LogP contribution in [0.25, 0.3) is 0 Å². The zero-order chi connectivity index (χ0) is 10.7. The minimum Gasteiger partial charge on any atom is -0.508 e. The molecule has 0 aliphatic rings. The zero-order valence-electron chi connectivity index (χ0n) is 8.63. The second-order valence-corrected chi connectivity index (χ2v) is 3.08. The summed E-state index contributed by atoms with van der Waals surface area (Å²) in [4.78, 5) is 11.2. The molecule has 1 N–H and O–H groups in total. The van der Waals surface area contributed by atoms with Gasteiger partial charge in [0.05, 0.1) is 12.2 Å². The van der Waals surface area contributed by atoms with Gasteiger partial charge in [0.25, 0.3) is 0 Å². The predicted octanol–water partition coefficient (Wildman–Crippen LogP) is 2.30. The molecule has 0 spiro atoms. The summed E-state index contributed by atoms with van der Waals surface area (Å²) in [5.41, 5.74) is 1.13. The van der Waals surface area contributed by atoms with E-state index in [-0.39, 0.29) is 11.5 Å². The van der Waals surface area contributed by atoms with Gasteiger partial charge in [-0.1, -0.05) is 0 Å². The van der Waals surface area contributed by atoms with Gasteiger partial charge in [0.2, 0.25) is 0 Å². The van der Waals surface area contributed by atoms with Gasteiger partial charge in [-0.25, -0.2) is 0 Å². The molecular weight excluding hydrogens is 180 g/mol. The molecule has 0 heterocycles. The molecular formula is C11H14O3. The highest BCUT2D eigenvalue weighted by Gasteiger charge is 2.13. The molecule has 0 bridgehead atoms. The normalized spacial score (nSPS) is 9.93. The molecule has 0 aliphatic heterocycles. The van der Waals surface area contributed by atoms with E-state index in [2.05, 4.69) is 0 Å². The third-order valence-electron chi connectivity index (χ3n) is 2.05. The highest BCUT2D eigenvalue weighted by Crippen LogP contribution is 2.30. The fourth-order valence-electron chi connectivity index (χ4n) is 1.29. The number of phenols is 1. The Morgan fingerprint density at radius 3 is 2.64 bits per heavy atom. The first-order valence-electron chi connectivity index (χ1n) is 4.54. The Bertz CT molecular complexity index is 356. The van der Waals surface area contributed by atoms with Crippen molar-refractivity contribution in [3.05, 3.63) is 23.3 Å². The SMILES string of the molecule is CCOc1c(C(C)=O)ccc(O)c1C. The maximum atomic E-state index is 11.2. The Hall–Kier alpha value is -1.51. The maximum absolute atomic E-state index is 11.2. The van der Waals surface area contributed by atoms with Gasteiger partial charge < -0.3 is 9.84 Å². The second-order valence-electron chi connectivity index (χ2n) is 3.08. The lowest BCUT2D eigenvalue weighted by molar-refractivity contribution is 0.101. The summed E-state index contributed by atoms with van der Waals surface area (Å²) in [7, 11) is 0. The first kappa shape index (κ1) is 10.6. The van der Waals surface area contributed by atoms with E-state index < -0.39 is 0 Å². The van der Waals surface area contributed by atoms with E-state index in [1.807, 2.05) is 6.92 Å². The van der Waals surface area contributed by atoms with E-state index in [1.165, 1.54) is 13.0 Å². The lowest BCUT2D eigenvalue weighted by atomic mass is 10.1. The molecule has 3 heteroatoms. The quantitative estimate of drug-likeness (QED) is 0.751. The summed E-state index contributed by atoms with van der Waals surface area (Å²) < 4.78 is 5.33. The molecule has 1 aromatic rings. The molecule has 3 nitrogen and oxygen atoms in total. The average molecular weight is 194 g/mol. The van der Waals surface area contributed by atoms with Crippen molar-refractivity contribution in [1.29, 1.82) is 0 Å². The topological polar surface area (TPSA) is 46.5 Å². The summed E-state index contributed by atoms with van der Waals surface area (Å²) in [6.45, 7) is 5.53. The van der Waals surface area contributed by atoms with E-state index in [4.69, 9.17) is 4.74 Å². The first-order chi connectivity index (χ1) is 6.57. The van der Waals surface area contributed by atoms with E-state index in [0.717, 1.165) is 0 Å². The summed E-state index contributed by atoms with van der Waals surface area (Å²) in [5, 5.41) is 9.44. The van der Waals surface area contributed by atoms with Crippen molar-refractivity contribution in [2.24, 2.45) is 0 Å². The number of ether oxygens (including phenoxy) is 1. The van der Waals surface area contributed by atoms with Crippen molar-refractivity contribution in [2.45, 2.75) is 20.8 Å². The van der Waals surface area contributed by atoms with Crippen LogP contribution >= 0.6 is 0 Å². The van der Waals surface area contributed by atoms with Crippen LogP contribution in [-0.2, 0) is 0 Å². The molecule has 0 radical (unpaired) electrons. The smallest absolute Gasteiger partial charge is 0.163 e. The van der Waals surface area contributed by atoms with Gasteiger partial charge in [-0.3, -0.25) is 4.79 Å².